The van der Waals surface area contributed by atoms with Gasteiger partial charge in [0.15, 0.2) is 11.5 Å². The number of rotatable bonds is 6. The first-order chi connectivity index (χ1) is 11.0. The van der Waals surface area contributed by atoms with E-state index in [1.807, 2.05) is 19.3 Å². The van der Waals surface area contributed by atoms with Gasteiger partial charge in [0.25, 0.3) is 5.91 Å². The molecule has 2 rings (SSSR count). The maximum absolute atomic E-state index is 11.6. The second-order valence-electron chi connectivity index (χ2n) is 5.52. The van der Waals surface area contributed by atoms with Gasteiger partial charge in [-0.2, -0.15) is 0 Å². The molecule has 1 aliphatic heterocycles. The third-order valence-electron chi connectivity index (χ3n) is 3.51. The van der Waals surface area contributed by atoms with Crippen LogP contribution in [0.1, 0.15) is 36.7 Å². The van der Waals surface area contributed by atoms with Gasteiger partial charge >= 0.3 is 0 Å². The van der Waals surface area contributed by atoms with Gasteiger partial charge in [0, 0.05) is 13.1 Å². The molecule has 1 aliphatic rings. The molecule has 1 saturated heterocycles. The second kappa shape index (κ2) is 8.01. The zero-order valence-corrected chi connectivity index (χ0v) is 14.4. The molecule has 1 fully saturated rings. The number of carbonyl (C=O) groups is 1. The summed E-state index contributed by atoms with van der Waals surface area (Å²) in [5.74, 6) is 0.566. The smallest absolute Gasteiger partial charge is 0.271 e. The minimum absolute atomic E-state index is 0.146. The Hall–Kier alpha value is -2.02. The molecule has 124 valence electrons. The van der Waals surface area contributed by atoms with Gasteiger partial charge < -0.3 is 16.0 Å². The van der Waals surface area contributed by atoms with Crippen molar-refractivity contribution in [2.75, 3.05) is 29.6 Å². The number of nitrogens with zero attached hydrogens (tertiary/aromatic N) is 3. The summed E-state index contributed by atoms with van der Waals surface area (Å²) < 4.78 is 0. The van der Waals surface area contributed by atoms with Gasteiger partial charge in [0.05, 0.1) is 11.2 Å². The first-order valence-electron chi connectivity index (χ1n) is 7.61. The van der Waals surface area contributed by atoms with E-state index in [2.05, 4.69) is 26.8 Å². The summed E-state index contributed by atoms with van der Waals surface area (Å²) in [5.41, 5.74) is 6.47. The van der Waals surface area contributed by atoms with Gasteiger partial charge in [-0.15, -0.1) is 11.8 Å². The molecule has 1 amide bonds. The molecule has 1 aromatic heterocycles. The van der Waals surface area contributed by atoms with E-state index in [1.165, 1.54) is 18.2 Å². The Bertz CT molecular complexity index is 623. The molecule has 0 bridgehead atoms. The van der Waals surface area contributed by atoms with Crippen molar-refractivity contribution >= 4 is 29.3 Å². The Labute approximate surface area is 141 Å². The minimum atomic E-state index is -0.596. The molecule has 23 heavy (non-hydrogen) atoms. The van der Waals surface area contributed by atoms with E-state index >= 15 is 0 Å². The Morgan fingerprint density at radius 2 is 2.13 bits per heavy atom. The molecule has 2 heterocycles. The maximum atomic E-state index is 11.6. The Morgan fingerprint density at radius 3 is 2.70 bits per heavy atom. The standard InChI is InChI=1S/C16H23N5OS/c1-11(2)9-13(23-3)20-16-14(15(17)22)18-10-12(19-16)21-7-5-4-6-8-21/h9-10H,1,4-8H2,2-3H3,(H2,17,22)(H,19,20)/b13-9-. The van der Waals surface area contributed by atoms with Crippen LogP contribution in [0, 0.1) is 0 Å². The fourth-order valence-electron chi connectivity index (χ4n) is 2.41. The van der Waals surface area contributed by atoms with Crippen molar-refractivity contribution in [2.45, 2.75) is 26.2 Å². The van der Waals surface area contributed by atoms with Crippen LogP contribution >= 0.6 is 11.8 Å². The monoisotopic (exact) mass is 333 g/mol. The lowest BCUT2D eigenvalue weighted by molar-refractivity contribution is 0.0996. The van der Waals surface area contributed by atoms with E-state index in [0.29, 0.717) is 5.82 Å². The number of nitrogens with two attached hydrogens (primary N) is 1. The number of thioether (sulfide) groups is 1. The summed E-state index contributed by atoms with van der Waals surface area (Å²) in [7, 11) is 0. The summed E-state index contributed by atoms with van der Waals surface area (Å²) >= 11 is 1.51. The molecule has 1 aromatic rings. The van der Waals surface area contributed by atoms with E-state index in [4.69, 9.17) is 5.73 Å². The zero-order chi connectivity index (χ0) is 16.8. The zero-order valence-electron chi connectivity index (χ0n) is 13.6. The highest BCUT2D eigenvalue weighted by Gasteiger charge is 2.18. The number of primary amides is 1. The lowest BCUT2D eigenvalue weighted by Crippen LogP contribution is -2.31. The van der Waals surface area contributed by atoms with Gasteiger partial charge in [-0.25, -0.2) is 9.97 Å². The number of hydrogen-bond donors (Lipinski definition) is 2. The predicted molar refractivity (Wildman–Crippen MR) is 96.6 cm³/mol. The molecular weight excluding hydrogens is 310 g/mol. The molecule has 0 unspecified atom stereocenters. The Balaban J connectivity index is 2.33. The quantitative estimate of drug-likeness (QED) is 0.779. The van der Waals surface area contributed by atoms with Gasteiger partial charge in [-0.3, -0.25) is 4.79 Å². The number of piperidine rings is 1. The van der Waals surface area contributed by atoms with Crippen LogP contribution in [0.4, 0.5) is 11.6 Å². The highest BCUT2D eigenvalue weighted by atomic mass is 32.2. The lowest BCUT2D eigenvalue weighted by atomic mass is 10.1. The Kier molecular flexibility index (Phi) is 6.04. The molecule has 7 heteroatoms. The van der Waals surface area contributed by atoms with Crippen LogP contribution < -0.4 is 16.0 Å². The van der Waals surface area contributed by atoms with Crippen LogP contribution in [0.15, 0.2) is 29.5 Å². The van der Waals surface area contributed by atoms with Crippen molar-refractivity contribution < 1.29 is 4.79 Å². The largest absolute Gasteiger partial charge is 0.364 e. The normalized spacial score (nSPS) is 15.4. The lowest BCUT2D eigenvalue weighted by Gasteiger charge is -2.28. The van der Waals surface area contributed by atoms with Crippen LogP contribution in [-0.4, -0.2) is 35.2 Å². The number of carbonyl (C=O) groups excluding carboxylic acids is 1. The van der Waals surface area contributed by atoms with E-state index in [9.17, 15) is 4.79 Å². The van der Waals surface area contributed by atoms with E-state index in [-0.39, 0.29) is 5.69 Å². The van der Waals surface area contributed by atoms with Crippen LogP contribution in [0.3, 0.4) is 0 Å². The molecule has 0 radical (unpaired) electrons. The van der Waals surface area contributed by atoms with Crippen molar-refractivity contribution in [3.8, 4) is 0 Å². The Morgan fingerprint density at radius 1 is 1.43 bits per heavy atom. The number of nitrogens with one attached hydrogen (secondary N) is 1. The second-order valence-corrected chi connectivity index (χ2v) is 6.37. The number of hydrogen-bond acceptors (Lipinski definition) is 6. The topological polar surface area (TPSA) is 84.1 Å². The number of allylic oxidation sites excluding steroid dienone is 2. The average Bonchev–Trinajstić information content (AvgIpc) is 2.54. The van der Waals surface area contributed by atoms with Gasteiger partial charge in [0.1, 0.15) is 5.82 Å². The summed E-state index contributed by atoms with van der Waals surface area (Å²) in [6.45, 7) is 7.69. The minimum Gasteiger partial charge on any atom is -0.364 e. The maximum Gasteiger partial charge on any atom is 0.271 e. The molecular formula is C16H23N5OS. The van der Waals surface area contributed by atoms with Crippen LogP contribution in [0.5, 0.6) is 0 Å². The fourth-order valence-corrected chi connectivity index (χ4v) is 2.93. The van der Waals surface area contributed by atoms with Crippen molar-refractivity contribution in [1.82, 2.24) is 9.97 Å². The summed E-state index contributed by atoms with van der Waals surface area (Å²) in [5, 5.41) is 3.99. The third kappa shape index (κ3) is 4.72. The SMILES string of the molecule is C=C(C)/C=C(/Nc1nc(N2CCCCC2)cnc1C(N)=O)SC. The number of aromatic nitrogens is 2. The van der Waals surface area contributed by atoms with E-state index in [0.717, 1.165) is 42.4 Å². The molecule has 0 atom stereocenters. The molecule has 3 N–H and O–H groups in total. The number of anilines is 2. The predicted octanol–water partition coefficient (Wildman–Crippen LogP) is 2.76. The van der Waals surface area contributed by atoms with Gasteiger partial charge in [-0.1, -0.05) is 12.2 Å². The van der Waals surface area contributed by atoms with E-state index < -0.39 is 5.91 Å². The molecule has 0 aliphatic carbocycles. The van der Waals surface area contributed by atoms with Crippen LogP contribution in [-0.2, 0) is 0 Å². The summed E-state index contributed by atoms with van der Waals surface area (Å²) in [6.07, 6.45) is 8.99. The van der Waals surface area contributed by atoms with Crippen molar-refractivity contribution in [3.05, 3.63) is 35.1 Å². The third-order valence-corrected chi connectivity index (χ3v) is 4.17. The van der Waals surface area contributed by atoms with E-state index in [1.54, 1.807) is 6.20 Å². The highest BCUT2D eigenvalue weighted by Crippen LogP contribution is 2.23. The van der Waals surface area contributed by atoms with Crippen molar-refractivity contribution in [2.24, 2.45) is 5.73 Å². The average molecular weight is 333 g/mol. The summed E-state index contributed by atoms with van der Waals surface area (Å²) in [6, 6.07) is 0. The van der Waals surface area contributed by atoms with Gasteiger partial charge in [-0.05, 0) is 38.5 Å². The molecule has 0 aromatic carbocycles. The van der Waals surface area contributed by atoms with Crippen molar-refractivity contribution in [1.29, 1.82) is 0 Å². The van der Waals surface area contributed by atoms with Crippen LogP contribution in [0.25, 0.3) is 0 Å². The summed E-state index contributed by atoms with van der Waals surface area (Å²) in [4.78, 5) is 22.6. The van der Waals surface area contributed by atoms with Gasteiger partial charge in [0.2, 0.25) is 0 Å². The molecule has 6 nitrogen and oxygen atoms in total. The highest BCUT2D eigenvalue weighted by molar-refractivity contribution is 8.02. The number of amides is 1. The molecule has 0 saturated carbocycles. The first-order valence-corrected chi connectivity index (χ1v) is 8.83. The first kappa shape index (κ1) is 17.3. The molecule has 0 spiro atoms. The van der Waals surface area contributed by atoms with Crippen LogP contribution in [0.2, 0.25) is 0 Å². The van der Waals surface area contributed by atoms with Crippen molar-refractivity contribution in [3.63, 3.8) is 0 Å². The fraction of sp³-hybridized carbons (Fsp3) is 0.438.